The summed E-state index contributed by atoms with van der Waals surface area (Å²) in [7, 11) is 0. The summed E-state index contributed by atoms with van der Waals surface area (Å²) in [5.41, 5.74) is 11.9. The van der Waals surface area contributed by atoms with Crippen LogP contribution in [0.4, 0.5) is 5.69 Å². The number of halogens is 1. The molecule has 0 aromatic heterocycles. The van der Waals surface area contributed by atoms with Crippen LogP contribution in [0.15, 0.2) is 28.2 Å². The SMILES string of the molecule is Cc1ccc(NC(=O)C[C@@H]2SC(N=C(N)N)=NC2=O)c(Cl)c1. The van der Waals surface area contributed by atoms with E-state index < -0.39 is 11.2 Å². The summed E-state index contributed by atoms with van der Waals surface area (Å²) in [6.45, 7) is 1.90. The molecule has 1 aromatic carbocycles. The average Bonchev–Trinajstić information content (AvgIpc) is 2.72. The number of guanidine groups is 1. The number of amides is 2. The lowest BCUT2D eigenvalue weighted by molar-refractivity contribution is -0.121. The molecule has 5 N–H and O–H groups in total. The predicted octanol–water partition coefficient (Wildman–Crippen LogP) is 1.25. The number of aryl methyl sites for hydroxylation is 1. The molecule has 0 bridgehead atoms. The molecule has 0 saturated carbocycles. The quantitative estimate of drug-likeness (QED) is 0.565. The molecule has 116 valence electrons. The number of amidine groups is 1. The fraction of sp³-hybridized carbons (Fsp3) is 0.231. The summed E-state index contributed by atoms with van der Waals surface area (Å²) in [6, 6.07) is 5.28. The Labute approximate surface area is 136 Å². The lowest BCUT2D eigenvalue weighted by Crippen LogP contribution is -2.23. The van der Waals surface area contributed by atoms with Crippen LogP contribution in [0, 0.1) is 6.92 Å². The fourth-order valence-electron chi connectivity index (χ4n) is 1.75. The number of hydrogen-bond donors (Lipinski definition) is 3. The standard InChI is InChI=1S/C13H14ClN5O2S/c1-6-2-3-8(7(14)4-6)17-10(20)5-9-11(21)18-13(22-9)19-12(15)16/h2-4,9H,5H2,1H3,(H,17,20)(H4,15,16,18,19,21)/t9-/m0/s1. The van der Waals surface area contributed by atoms with Crippen LogP contribution >= 0.6 is 23.4 Å². The van der Waals surface area contributed by atoms with Crippen molar-refractivity contribution in [3.05, 3.63) is 28.8 Å². The van der Waals surface area contributed by atoms with Gasteiger partial charge in [0.2, 0.25) is 5.91 Å². The van der Waals surface area contributed by atoms with Gasteiger partial charge in [0.15, 0.2) is 11.1 Å². The van der Waals surface area contributed by atoms with Crippen molar-refractivity contribution in [2.75, 3.05) is 5.32 Å². The lowest BCUT2D eigenvalue weighted by atomic mass is 10.2. The van der Waals surface area contributed by atoms with Gasteiger partial charge in [-0.2, -0.15) is 9.98 Å². The van der Waals surface area contributed by atoms with E-state index in [9.17, 15) is 9.59 Å². The van der Waals surface area contributed by atoms with Crippen LogP contribution in [-0.4, -0.2) is 28.2 Å². The van der Waals surface area contributed by atoms with E-state index in [1.807, 2.05) is 13.0 Å². The van der Waals surface area contributed by atoms with Crippen molar-refractivity contribution < 1.29 is 9.59 Å². The number of carbonyl (C=O) groups is 2. The molecule has 2 amide bonds. The number of anilines is 1. The van der Waals surface area contributed by atoms with Gasteiger partial charge in [-0.3, -0.25) is 9.59 Å². The van der Waals surface area contributed by atoms with E-state index in [1.54, 1.807) is 12.1 Å². The van der Waals surface area contributed by atoms with Crippen molar-refractivity contribution >= 4 is 52.0 Å². The number of benzene rings is 1. The van der Waals surface area contributed by atoms with Gasteiger partial charge in [-0.25, -0.2) is 0 Å². The molecule has 1 aliphatic heterocycles. The minimum Gasteiger partial charge on any atom is -0.370 e. The molecule has 1 aliphatic rings. The predicted molar refractivity (Wildman–Crippen MR) is 89.1 cm³/mol. The molecule has 0 radical (unpaired) electrons. The van der Waals surface area contributed by atoms with Crippen LogP contribution in [0.3, 0.4) is 0 Å². The first-order valence-corrected chi connectivity index (χ1v) is 7.55. The Balaban J connectivity index is 1.96. The number of carbonyl (C=O) groups excluding carboxylic acids is 2. The van der Waals surface area contributed by atoms with E-state index in [2.05, 4.69) is 15.3 Å². The van der Waals surface area contributed by atoms with Gasteiger partial charge >= 0.3 is 0 Å². The largest absolute Gasteiger partial charge is 0.370 e. The highest BCUT2D eigenvalue weighted by Crippen LogP contribution is 2.27. The maximum atomic E-state index is 12.0. The van der Waals surface area contributed by atoms with E-state index in [4.69, 9.17) is 23.1 Å². The molecule has 0 aliphatic carbocycles. The second-order valence-corrected chi connectivity index (χ2v) is 6.19. The molecule has 1 aromatic rings. The molecule has 9 heteroatoms. The zero-order valence-electron chi connectivity index (χ0n) is 11.7. The summed E-state index contributed by atoms with van der Waals surface area (Å²) in [5.74, 6) is -0.955. The summed E-state index contributed by atoms with van der Waals surface area (Å²) in [6.07, 6.45) is -0.0410. The van der Waals surface area contributed by atoms with Crippen LogP contribution in [-0.2, 0) is 9.59 Å². The lowest BCUT2D eigenvalue weighted by Gasteiger charge is -2.09. The van der Waals surface area contributed by atoms with Gasteiger partial charge in [0, 0.05) is 6.42 Å². The Kier molecular flexibility index (Phi) is 5.04. The van der Waals surface area contributed by atoms with Crippen molar-refractivity contribution in [1.82, 2.24) is 0 Å². The molecule has 1 atom stereocenters. The van der Waals surface area contributed by atoms with Gasteiger partial charge in [-0.1, -0.05) is 29.4 Å². The summed E-state index contributed by atoms with van der Waals surface area (Å²) < 4.78 is 0. The molecular weight excluding hydrogens is 326 g/mol. The Morgan fingerprint density at radius 3 is 2.86 bits per heavy atom. The Bertz CT molecular complexity index is 685. The third-order valence-electron chi connectivity index (χ3n) is 2.72. The van der Waals surface area contributed by atoms with Gasteiger partial charge in [0.05, 0.1) is 10.7 Å². The third-order valence-corrected chi connectivity index (χ3v) is 4.08. The number of nitrogens with two attached hydrogens (primary N) is 2. The second kappa shape index (κ2) is 6.80. The topological polar surface area (TPSA) is 123 Å². The second-order valence-electron chi connectivity index (χ2n) is 4.61. The number of nitrogens with zero attached hydrogens (tertiary/aromatic N) is 2. The van der Waals surface area contributed by atoms with Crippen LogP contribution in [0.2, 0.25) is 5.02 Å². The van der Waals surface area contributed by atoms with Crippen molar-refractivity contribution in [1.29, 1.82) is 0 Å². The highest BCUT2D eigenvalue weighted by Gasteiger charge is 2.30. The molecule has 0 saturated heterocycles. The van der Waals surface area contributed by atoms with Gasteiger partial charge in [-0.15, -0.1) is 0 Å². The molecule has 22 heavy (non-hydrogen) atoms. The minimum absolute atomic E-state index is 0.0410. The van der Waals surface area contributed by atoms with E-state index >= 15 is 0 Å². The Hall–Kier alpha value is -2.06. The number of hydrogen-bond acceptors (Lipinski definition) is 4. The Morgan fingerprint density at radius 2 is 2.23 bits per heavy atom. The summed E-state index contributed by atoms with van der Waals surface area (Å²) in [4.78, 5) is 31.1. The van der Waals surface area contributed by atoms with Gasteiger partial charge in [0.25, 0.3) is 5.91 Å². The van der Waals surface area contributed by atoms with Crippen LogP contribution in [0.1, 0.15) is 12.0 Å². The number of nitrogens with one attached hydrogen (secondary N) is 1. The maximum Gasteiger partial charge on any atom is 0.262 e. The number of rotatable bonds is 3. The normalized spacial score (nSPS) is 17.1. The zero-order valence-corrected chi connectivity index (χ0v) is 13.2. The smallest absolute Gasteiger partial charge is 0.262 e. The van der Waals surface area contributed by atoms with Crippen LogP contribution in [0.25, 0.3) is 0 Å². The molecule has 0 spiro atoms. The molecule has 1 heterocycles. The first kappa shape index (κ1) is 16.3. The van der Waals surface area contributed by atoms with Gasteiger partial charge in [-0.05, 0) is 24.6 Å². The van der Waals surface area contributed by atoms with Crippen molar-refractivity contribution in [3.63, 3.8) is 0 Å². The monoisotopic (exact) mass is 339 g/mol. The first-order valence-electron chi connectivity index (χ1n) is 6.30. The average molecular weight is 340 g/mol. The van der Waals surface area contributed by atoms with Crippen molar-refractivity contribution in [2.24, 2.45) is 21.5 Å². The molecule has 7 nitrogen and oxygen atoms in total. The van der Waals surface area contributed by atoms with Crippen LogP contribution < -0.4 is 16.8 Å². The zero-order chi connectivity index (χ0) is 16.3. The van der Waals surface area contributed by atoms with Crippen molar-refractivity contribution in [3.8, 4) is 0 Å². The van der Waals surface area contributed by atoms with E-state index in [-0.39, 0.29) is 23.5 Å². The molecule has 2 rings (SSSR count). The van der Waals surface area contributed by atoms with E-state index in [1.165, 1.54) is 0 Å². The molecule has 0 unspecified atom stereocenters. The third kappa shape index (κ3) is 4.22. The molecular formula is C13H14ClN5O2S. The van der Waals surface area contributed by atoms with Crippen LogP contribution in [0.5, 0.6) is 0 Å². The van der Waals surface area contributed by atoms with Gasteiger partial charge in [0.1, 0.15) is 5.25 Å². The highest BCUT2D eigenvalue weighted by atomic mass is 35.5. The minimum atomic E-state index is -0.637. The number of aliphatic imine (C=N–C) groups is 2. The summed E-state index contributed by atoms with van der Waals surface area (Å²) >= 11 is 7.10. The summed E-state index contributed by atoms with van der Waals surface area (Å²) in [5, 5.41) is 2.64. The molecule has 0 fully saturated rings. The fourth-order valence-corrected chi connectivity index (χ4v) is 2.98. The van der Waals surface area contributed by atoms with Crippen molar-refractivity contribution in [2.45, 2.75) is 18.6 Å². The first-order chi connectivity index (χ1) is 10.3. The van der Waals surface area contributed by atoms with E-state index in [0.717, 1.165) is 17.3 Å². The maximum absolute atomic E-state index is 12.0. The highest BCUT2D eigenvalue weighted by molar-refractivity contribution is 8.15. The number of thioether (sulfide) groups is 1. The van der Waals surface area contributed by atoms with E-state index in [0.29, 0.717) is 10.7 Å². The Morgan fingerprint density at radius 1 is 1.50 bits per heavy atom. The van der Waals surface area contributed by atoms with Gasteiger partial charge < -0.3 is 16.8 Å².